The third-order valence-electron chi connectivity index (χ3n) is 4.43. The molecule has 0 spiro atoms. The van der Waals surface area contributed by atoms with E-state index in [2.05, 4.69) is 33.0 Å². The van der Waals surface area contributed by atoms with Gasteiger partial charge in [-0.3, -0.25) is 0 Å². The first-order valence-electron chi connectivity index (χ1n) is 9.03. The van der Waals surface area contributed by atoms with Gasteiger partial charge in [-0.1, -0.05) is 52.0 Å². The number of hydrogen-bond donors (Lipinski definition) is 1. The van der Waals surface area contributed by atoms with Crippen LogP contribution in [0.4, 0.5) is 5.69 Å². The lowest BCUT2D eigenvalue weighted by molar-refractivity contribution is 0.587. The van der Waals surface area contributed by atoms with Crippen LogP contribution in [0, 0.1) is 11.3 Å². The number of nitrogens with zero attached hydrogens (tertiary/aromatic N) is 1. The van der Waals surface area contributed by atoms with E-state index in [1.54, 1.807) is 30.5 Å². The van der Waals surface area contributed by atoms with Gasteiger partial charge in [0.1, 0.15) is 11.1 Å². The van der Waals surface area contributed by atoms with E-state index in [9.17, 15) is 13.7 Å². The Hall–Kier alpha value is -2.23. The topological polar surface area (TPSA) is 70.0 Å². The van der Waals surface area contributed by atoms with Crippen LogP contribution in [0.5, 0.6) is 0 Å². The Morgan fingerprint density at radius 2 is 1.64 bits per heavy atom. The molecule has 1 N–H and O–H groups in total. The normalized spacial score (nSPS) is 12.9. The van der Waals surface area contributed by atoms with E-state index in [4.69, 9.17) is 0 Å². The number of benzene rings is 2. The maximum Gasteiger partial charge on any atom is 0.219 e. The highest BCUT2D eigenvalue weighted by atomic mass is 32.2. The van der Waals surface area contributed by atoms with Crippen molar-refractivity contribution < 1.29 is 8.42 Å². The summed E-state index contributed by atoms with van der Waals surface area (Å²) in [5, 5.41) is 13.0. The van der Waals surface area contributed by atoms with Crippen LogP contribution in [0.15, 0.2) is 63.4 Å². The Balaban J connectivity index is 2.44. The largest absolute Gasteiger partial charge is 0.349 e. The zero-order valence-electron chi connectivity index (χ0n) is 16.9. The van der Waals surface area contributed by atoms with Crippen molar-refractivity contribution in [3.63, 3.8) is 0 Å². The summed E-state index contributed by atoms with van der Waals surface area (Å²) in [6, 6.07) is 16.4. The second kappa shape index (κ2) is 8.85. The maximum absolute atomic E-state index is 13.1. The third-order valence-corrected chi connectivity index (χ3v) is 7.00. The molecule has 2 rings (SSSR count). The number of nitrogens with one attached hydrogen (secondary N) is 1. The van der Waals surface area contributed by atoms with Crippen LogP contribution in [0.1, 0.15) is 38.8 Å². The average molecular weight is 415 g/mol. The summed E-state index contributed by atoms with van der Waals surface area (Å²) in [4.78, 5) is -0.158. The molecule has 2 aromatic rings. The van der Waals surface area contributed by atoms with Crippen molar-refractivity contribution in [2.24, 2.45) is 0 Å². The van der Waals surface area contributed by atoms with Crippen LogP contribution in [-0.2, 0) is 21.7 Å². The third kappa shape index (κ3) is 4.98. The van der Waals surface area contributed by atoms with E-state index in [1.807, 2.05) is 30.3 Å². The second-order valence-corrected chi connectivity index (χ2v) is 10.1. The fraction of sp³-hybridized carbons (Fsp3) is 0.318. The molecular formula is C22H26N2O2S2. The highest BCUT2D eigenvalue weighted by Gasteiger charge is 2.26. The van der Waals surface area contributed by atoms with Crippen molar-refractivity contribution in [1.82, 2.24) is 0 Å². The summed E-state index contributed by atoms with van der Waals surface area (Å²) in [6.07, 6.45) is 2.67. The van der Waals surface area contributed by atoms with Gasteiger partial charge in [-0.25, -0.2) is 8.42 Å². The molecule has 0 saturated heterocycles. The Morgan fingerprint density at radius 3 is 2.07 bits per heavy atom. The number of rotatable bonds is 6. The van der Waals surface area contributed by atoms with Gasteiger partial charge in [-0.2, -0.15) is 5.26 Å². The molecule has 4 nitrogen and oxygen atoms in total. The fourth-order valence-electron chi connectivity index (χ4n) is 2.64. The molecule has 0 heterocycles. The first-order valence-corrected chi connectivity index (χ1v) is 11.7. The first-order chi connectivity index (χ1) is 13.1. The molecule has 0 fully saturated rings. The van der Waals surface area contributed by atoms with Crippen molar-refractivity contribution in [2.45, 2.75) is 44.4 Å². The number of sulfone groups is 1. The number of allylic oxidation sites excluding steroid dienone is 1. The standard InChI is InChI=1S/C22H26N2O2S2/c1-6-16-7-11-18(12-8-16)24-21(27-5)20(15-23)28(25,26)19-13-9-17(10-14-19)22(2,3)4/h7-14,24H,6H2,1-5H3/b21-20+. The second-order valence-electron chi connectivity index (χ2n) is 7.43. The smallest absolute Gasteiger partial charge is 0.219 e. The van der Waals surface area contributed by atoms with E-state index in [1.165, 1.54) is 17.3 Å². The summed E-state index contributed by atoms with van der Waals surface area (Å²) >= 11 is 1.20. The molecule has 0 aliphatic heterocycles. The Bertz CT molecular complexity index is 992. The minimum Gasteiger partial charge on any atom is -0.349 e. The van der Waals surface area contributed by atoms with Gasteiger partial charge >= 0.3 is 0 Å². The van der Waals surface area contributed by atoms with Gasteiger partial charge in [0.15, 0.2) is 4.91 Å². The summed E-state index contributed by atoms with van der Waals surface area (Å²) in [6.45, 7) is 8.27. The van der Waals surface area contributed by atoms with Gasteiger partial charge in [0.25, 0.3) is 0 Å². The molecule has 0 radical (unpaired) electrons. The molecule has 0 aliphatic rings. The molecule has 0 saturated carbocycles. The lowest BCUT2D eigenvalue weighted by Crippen LogP contribution is -2.13. The Morgan fingerprint density at radius 1 is 1.07 bits per heavy atom. The van der Waals surface area contributed by atoms with E-state index in [0.717, 1.165) is 17.7 Å². The van der Waals surface area contributed by atoms with Crippen LogP contribution < -0.4 is 5.32 Å². The summed E-state index contributed by atoms with van der Waals surface area (Å²) in [5.41, 5.74) is 2.89. The number of nitriles is 1. The van der Waals surface area contributed by atoms with Crippen molar-refractivity contribution in [3.05, 3.63) is 69.6 Å². The SMILES string of the molecule is CCc1ccc(N/C(SC)=C(/C#N)S(=O)(=O)c2ccc(C(C)(C)C)cc2)cc1. The zero-order chi connectivity index (χ0) is 20.9. The molecular weight excluding hydrogens is 388 g/mol. The van der Waals surface area contributed by atoms with Crippen molar-refractivity contribution >= 4 is 27.3 Å². The zero-order valence-corrected chi connectivity index (χ0v) is 18.5. The van der Waals surface area contributed by atoms with Gasteiger partial charge in [0.2, 0.25) is 9.84 Å². The molecule has 0 atom stereocenters. The molecule has 0 aliphatic carbocycles. The van der Waals surface area contributed by atoms with Gasteiger partial charge in [-0.15, -0.1) is 11.8 Å². The average Bonchev–Trinajstić information content (AvgIpc) is 2.67. The number of aryl methyl sites for hydroxylation is 1. The predicted octanol–water partition coefficient (Wildman–Crippen LogP) is 5.49. The monoisotopic (exact) mass is 414 g/mol. The molecule has 2 aromatic carbocycles. The van der Waals surface area contributed by atoms with Crippen molar-refractivity contribution in [2.75, 3.05) is 11.6 Å². The number of hydrogen-bond acceptors (Lipinski definition) is 5. The van der Waals surface area contributed by atoms with Crippen LogP contribution >= 0.6 is 11.8 Å². The highest BCUT2D eigenvalue weighted by molar-refractivity contribution is 8.04. The Kier molecular flexibility index (Phi) is 6.97. The van der Waals surface area contributed by atoms with E-state index in [0.29, 0.717) is 5.03 Å². The minimum atomic E-state index is -3.92. The maximum atomic E-state index is 13.1. The van der Waals surface area contributed by atoms with Gasteiger partial charge in [-0.05, 0) is 53.5 Å². The van der Waals surface area contributed by atoms with Crippen molar-refractivity contribution in [3.8, 4) is 6.07 Å². The molecule has 28 heavy (non-hydrogen) atoms. The minimum absolute atomic E-state index is 0.0766. The first kappa shape index (κ1) is 22.1. The van der Waals surface area contributed by atoms with Crippen molar-refractivity contribution in [1.29, 1.82) is 5.26 Å². The lowest BCUT2D eigenvalue weighted by Gasteiger charge is -2.19. The molecule has 0 bridgehead atoms. The van der Waals surface area contributed by atoms with Gasteiger partial charge < -0.3 is 5.32 Å². The lowest BCUT2D eigenvalue weighted by atomic mass is 9.87. The van der Waals surface area contributed by atoms with E-state index >= 15 is 0 Å². The van der Waals surface area contributed by atoms with Gasteiger partial charge in [0, 0.05) is 5.69 Å². The van der Waals surface area contributed by atoms with E-state index < -0.39 is 9.84 Å². The molecule has 0 aromatic heterocycles. The van der Waals surface area contributed by atoms with Crippen LogP contribution in [-0.4, -0.2) is 14.7 Å². The quantitative estimate of drug-likeness (QED) is 0.633. The molecule has 6 heteroatoms. The van der Waals surface area contributed by atoms with Crippen LogP contribution in [0.2, 0.25) is 0 Å². The predicted molar refractivity (Wildman–Crippen MR) is 118 cm³/mol. The molecule has 0 unspecified atom stereocenters. The summed E-state index contributed by atoms with van der Waals surface area (Å²) < 4.78 is 26.2. The van der Waals surface area contributed by atoms with Crippen LogP contribution in [0.3, 0.4) is 0 Å². The molecule has 148 valence electrons. The number of thioether (sulfide) groups is 1. The molecule has 0 amide bonds. The Labute approximate surface area is 172 Å². The fourth-order valence-corrected chi connectivity index (χ4v) is 4.82. The summed E-state index contributed by atoms with van der Waals surface area (Å²) in [7, 11) is -3.92. The number of anilines is 1. The van der Waals surface area contributed by atoms with E-state index in [-0.39, 0.29) is 15.2 Å². The summed E-state index contributed by atoms with van der Waals surface area (Å²) in [5.74, 6) is 0. The van der Waals surface area contributed by atoms with Gasteiger partial charge in [0.05, 0.1) is 4.90 Å². The highest BCUT2D eigenvalue weighted by Crippen LogP contribution is 2.30. The van der Waals surface area contributed by atoms with Crippen LogP contribution in [0.25, 0.3) is 0 Å².